The van der Waals surface area contributed by atoms with E-state index < -0.39 is 10.7 Å². The Morgan fingerprint density at radius 2 is 2.11 bits per heavy atom. The lowest BCUT2D eigenvalue weighted by atomic mass is 10.3. The lowest BCUT2D eigenvalue weighted by molar-refractivity contribution is -0.387. The molecule has 2 N–H and O–H groups in total. The Balaban J connectivity index is 2.40. The van der Waals surface area contributed by atoms with Gasteiger partial charge < -0.3 is 5.73 Å². The van der Waals surface area contributed by atoms with Crippen molar-refractivity contribution in [3.8, 4) is 0 Å². The molecule has 0 aliphatic heterocycles. The number of nitrogens with zero attached hydrogens (tertiary/aromatic N) is 3. The Hall–Kier alpha value is -2.22. The van der Waals surface area contributed by atoms with Crippen LogP contribution in [0.15, 0.2) is 40.4 Å². The molecule has 1 aromatic carbocycles. The molecular weight excluding hydrogens is 259 g/mol. The summed E-state index contributed by atoms with van der Waals surface area (Å²) < 4.78 is 13.4. The van der Waals surface area contributed by atoms with Gasteiger partial charge in [-0.25, -0.2) is 14.4 Å². The Morgan fingerprint density at radius 1 is 1.39 bits per heavy atom. The maximum atomic E-state index is 13.4. The Kier molecular flexibility index (Phi) is 3.38. The minimum absolute atomic E-state index is 0.0446. The van der Waals surface area contributed by atoms with Crippen LogP contribution < -0.4 is 5.73 Å². The van der Waals surface area contributed by atoms with Crippen LogP contribution >= 0.6 is 11.8 Å². The van der Waals surface area contributed by atoms with Gasteiger partial charge in [0.15, 0.2) is 5.82 Å². The van der Waals surface area contributed by atoms with Gasteiger partial charge in [0, 0.05) is 6.07 Å². The lowest BCUT2D eigenvalue weighted by Crippen LogP contribution is -1.98. The molecule has 0 saturated carbocycles. The fraction of sp³-hybridized carbons (Fsp3) is 0. The van der Waals surface area contributed by atoms with Crippen molar-refractivity contribution in [2.45, 2.75) is 9.92 Å². The number of halogens is 1. The minimum atomic E-state index is -0.674. The smallest absolute Gasteiger partial charge is 0.283 e. The molecule has 2 rings (SSSR count). The van der Waals surface area contributed by atoms with Gasteiger partial charge in [0.1, 0.15) is 5.03 Å². The molecule has 0 saturated heterocycles. The SMILES string of the molecule is Nc1ncc(F)c(Sc2ccccc2[N+](=O)[O-])n1. The highest BCUT2D eigenvalue weighted by molar-refractivity contribution is 7.99. The zero-order chi connectivity index (χ0) is 13.1. The summed E-state index contributed by atoms with van der Waals surface area (Å²) in [4.78, 5) is 17.7. The van der Waals surface area contributed by atoms with Crippen molar-refractivity contribution >= 4 is 23.4 Å². The zero-order valence-corrected chi connectivity index (χ0v) is 9.72. The van der Waals surface area contributed by atoms with E-state index in [1.807, 2.05) is 0 Å². The highest BCUT2D eigenvalue weighted by atomic mass is 32.2. The number of hydrogen-bond donors (Lipinski definition) is 1. The number of rotatable bonds is 3. The van der Waals surface area contributed by atoms with Crippen LogP contribution in [0, 0.1) is 15.9 Å². The summed E-state index contributed by atoms with van der Waals surface area (Å²) in [5.74, 6) is -0.759. The first kappa shape index (κ1) is 12.2. The summed E-state index contributed by atoms with van der Waals surface area (Å²) in [7, 11) is 0. The maximum absolute atomic E-state index is 13.4. The van der Waals surface area contributed by atoms with Crippen molar-refractivity contribution in [2.24, 2.45) is 0 Å². The molecule has 8 heteroatoms. The molecule has 6 nitrogen and oxygen atoms in total. The van der Waals surface area contributed by atoms with E-state index in [-0.39, 0.29) is 16.7 Å². The fourth-order valence-electron chi connectivity index (χ4n) is 1.23. The van der Waals surface area contributed by atoms with E-state index >= 15 is 0 Å². The fourth-order valence-corrected chi connectivity index (χ4v) is 2.13. The second-order valence-electron chi connectivity index (χ2n) is 3.21. The van der Waals surface area contributed by atoms with E-state index in [4.69, 9.17) is 5.73 Å². The monoisotopic (exact) mass is 266 g/mol. The van der Waals surface area contributed by atoms with Gasteiger partial charge in [0.2, 0.25) is 5.95 Å². The van der Waals surface area contributed by atoms with Crippen molar-refractivity contribution in [3.63, 3.8) is 0 Å². The van der Waals surface area contributed by atoms with Gasteiger partial charge in [-0.2, -0.15) is 0 Å². The first-order valence-electron chi connectivity index (χ1n) is 4.77. The molecule has 2 aromatic rings. The Morgan fingerprint density at radius 3 is 2.83 bits per heavy atom. The van der Waals surface area contributed by atoms with Crippen LogP contribution in [0.25, 0.3) is 0 Å². The standard InChI is InChI=1S/C10H7FN4O2S/c11-6-5-13-10(12)14-9(6)18-8-4-2-1-3-7(8)15(16)17/h1-5H,(H2,12,13,14). The van der Waals surface area contributed by atoms with Crippen LogP contribution in [0.5, 0.6) is 0 Å². The van der Waals surface area contributed by atoms with Gasteiger partial charge in [-0.3, -0.25) is 10.1 Å². The third-order valence-electron chi connectivity index (χ3n) is 2.00. The molecule has 0 aliphatic rings. The van der Waals surface area contributed by atoms with E-state index in [2.05, 4.69) is 9.97 Å². The van der Waals surface area contributed by atoms with Gasteiger partial charge in [0.05, 0.1) is 16.0 Å². The molecule has 18 heavy (non-hydrogen) atoms. The predicted molar refractivity (Wildman–Crippen MR) is 63.6 cm³/mol. The quantitative estimate of drug-likeness (QED) is 0.520. The third-order valence-corrected chi connectivity index (χ3v) is 3.04. The molecular formula is C10H7FN4O2S. The predicted octanol–water partition coefficient (Wildman–Crippen LogP) is 2.26. The molecule has 0 unspecified atom stereocenters. The number of para-hydroxylation sites is 1. The molecule has 0 aliphatic carbocycles. The highest BCUT2D eigenvalue weighted by Crippen LogP contribution is 2.34. The molecule has 1 heterocycles. The third kappa shape index (κ3) is 2.54. The summed E-state index contributed by atoms with van der Waals surface area (Å²) in [6.45, 7) is 0. The summed E-state index contributed by atoms with van der Waals surface area (Å²) in [6.07, 6.45) is 0.930. The maximum Gasteiger partial charge on any atom is 0.283 e. The largest absolute Gasteiger partial charge is 0.368 e. The van der Waals surface area contributed by atoms with Gasteiger partial charge in [-0.05, 0) is 6.07 Å². The van der Waals surface area contributed by atoms with E-state index in [0.29, 0.717) is 4.90 Å². The number of nitro groups is 1. The first-order chi connectivity index (χ1) is 8.58. The molecule has 0 spiro atoms. The van der Waals surface area contributed by atoms with Gasteiger partial charge in [-0.15, -0.1) is 0 Å². The van der Waals surface area contributed by atoms with Crippen LogP contribution in [0.1, 0.15) is 0 Å². The summed E-state index contributed by atoms with van der Waals surface area (Å²) in [5.41, 5.74) is 5.23. The van der Waals surface area contributed by atoms with Gasteiger partial charge in [0.25, 0.3) is 5.69 Å². The molecule has 0 fully saturated rings. The number of nitro benzene ring substituents is 1. The first-order valence-corrected chi connectivity index (χ1v) is 5.59. The van der Waals surface area contributed by atoms with Crippen LogP contribution in [0.4, 0.5) is 16.0 Å². The lowest BCUT2D eigenvalue weighted by Gasteiger charge is -2.03. The normalized spacial score (nSPS) is 10.3. The molecule has 0 bridgehead atoms. The number of hydrogen-bond acceptors (Lipinski definition) is 6. The second kappa shape index (κ2) is 4.96. The average Bonchev–Trinajstić information content (AvgIpc) is 2.34. The van der Waals surface area contributed by atoms with Crippen LogP contribution in [0.2, 0.25) is 0 Å². The number of anilines is 1. The summed E-state index contributed by atoms with van der Waals surface area (Å²) >= 11 is 0.836. The molecule has 0 radical (unpaired) electrons. The molecule has 0 atom stereocenters. The number of nitrogens with two attached hydrogens (primary N) is 1. The van der Waals surface area contributed by atoms with Crippen molar-refractivity contribution < 1.29 is 9.31 Å². The molecule has 1 aromatic heterocycles. The highest BCUT2D eigenvalue weighted by Gasteiger charge is 2.16. The Labute approximate surface area is 105 Å². The second-order valence-corrected chi connectivity index (χ2v) is 4.24. The van der Waals surface area contributed by atoms with Crippen LogP contribution in [-0.4, -0.2) is 14.9 Å². The summed E-state index contributed by atoms with van der Waals surface area (Å²) in [6, 6.07) is 6.01. The molecule has 0 amide bonds. The number of aromatic nitrogens is 2. The van der Waals surface area contributed by atoms with Gasteiger partial charge in [-0.1, -0.05) is 23.9 Å². The van der Waals surface area contributed by atoms with E-state index in [1.165, 1.54) is 18.2 Å². The zero-order valence-electron chi connectivity index (χ0n) is 8.91. The number of benzene rings is 1. The van der Waals surface area contributed by atoms with Crippen molar-refractivity contribution in [3.05, 3.63) is 46.4 Å². The number of nitrogen functional groups attached to an aromatic ring is 1. The summed E-state index contributed by atoms with van der Waals surface area (Å²) in [5, 5.41) is 10.8. The van der Waals surface area contributed by atoms with Crippen LogP contribution in [-0.2, 0) is 0 Å². The van der Waals surface area contributed by atoms with E-state index in [9.17, 15) is 14.5 Å². The topological polar surface area (TPSA) is 94.9 Å². The minimum Gasteiger partial charge on any atom is -0.368 e. The van der Waals surface area contributed by atoms with Crippen LogP contribution in [0.3, 0.4) is 0 Å². The van der Waals surface area contributed by atoms with Crippen molar-refractivity contribution in [2.75, 3.05) is 5.73 Å². The van der Waals surface area contributed by atoms with Crippen molar-refractivity contribution in [1.82, 2.24) is 9.97 Å². The average molecular weight is 266 g/mol. The van der Waals surface area contributed by atoms with Gasteiger partial charge >= 0.3 is 0 Å². The van der Waals surface area contributed by atoms with Crippen molar-refractivity contribution in [1.29, 1.82) is 0 Å². The Bertz CT molecular complexity index is 608. The molecule has 92 valence electrons. The van der Waals surface area contributed by atoms with E-state index in [0.717, 1.165) is 18.0 Å². The van der Waals surface area contributed by atoms with E-state index in [1.54, 1.807) is 6.07 Å².